The van der Waals surface area contributed by atoms with Gasteiger partial charge in [0.2, 0.25) is 0 Å². The zero-order valence-corrected chi connectivity index (χ0v) is 13.0. The summed E-state index contributed by atoms with van der Waals surface area (Å²) < 4.78 is 20.1. The molecular formula is C16H16FN3O4. The summed E-state index contributed by atoms with van der Waals surface area (Å²) in [5.41, 5.74) is -1.54. The molecule has 1 aromatic heterocycles. The lowest BCUT2D eigenvalue weighted by atomic mass is 10.3. The molecule has 2 rings (SSSR count). The van der Waals surface area contributed by atoms with Gasteiger partial charge in [-0.15, -0.1) is 0 Å². The van der Waals surface area contributed by atoms with E-state index in [4.69, 9.17) is 10.00 Å². The van der Waals surface area contributed by atoms with Crippen molar-refractivity contribution in [2.24, 2.45) is 0 Å². The van der Waals surface area contributed by atoms with Crippen LogP contribution in [0.25, 0.3) is 0 Å². The molecular weight excluding hydrogens is 317 g/mol. The maximum atomic E-state index is 12.8. The highest BCUT2D eigenvalue weighted by atomic mass is 19.1. The molecule has 0 fully saturated rings. The SMILES string of the molecule is CCn1cc(C#N)c(=O)n(CC(O)COc2ccc(F)cc2)c1=O. The fourth-order valence-electron chi connectivity index (χ4n) is 2.10. The van der Waals surface area contributed by atoms with Crippen molar-refractivity contribution in [2.75, 3.05) is 6.61 Å². The number of benzene rings is 1. The van der Waals surface area contributed by atoms with Crippen molar-refractivity contribution in [3.63, 3.8) is 0 Å². The maximum absolute atomic E-state index is 12.8. The zero-order chi connectivity index (χ0) is 17.7. The standard InChI is InChI=1S/C16H16FN3O4/c1-2-19-8-11(7-18)15(22)20(16(19)23)9-13(21)10-24-14-5-3-12(17)4-6-14/h3-6,8,13,21H,2,9-10H2,1H3. The van der Waals surface area contributed by atoms with Gasteiger partial charge in [-0.25, -0.2) is 9.18 Å². The number of nitriles is 1. The zero-order valence-electron chi connectivity index (χ0n) is 13.0. The molecule has 0 aliphatic carbocycles. The highest BCUT2D eigenvalue weighted by Gasteiger charge is 2.15. The number of aryl methyl sites for hydroxylation is 1. The molecule has 0 saturated carbocycles. The van der Waals surface area contributed by atoms with Crippen LogP contribution >= 0.6 is 0 Å². The summed E-state index contributed by atoms with van der Waals surface area (Å²) >= 11 is 0. The molecule has 8 heteroatoms. The van der Waals surface area contributed by atoms with E-state index in [2.05, 4.69) is 0 Å². The molecule has 1 unspecified atom stereocenters. The first-order valence-corrected chi connectivity index (χ1v) is 7.27. The second-order valence-electron chi connectivity index (χ2n) is 5.06. The number of nitrogens with zero attached hydrogens (tertiary/aromatic N) is 3. The summed E-state index contributed by atoms with van der Waals surface area (Å²) in [7, 11) is 0. The Morgan fingerprint density at radius 3 is 2.58 bits per heavy atom. The highest BCUT2D eigenvalue weighted by molar-refractivity contribution is 5.23. The molecule has 7 nitrogen and oxygen atoms in total. The van der Waals surface area contributed by atoms with Crippen LogP contribution in [0, 0.1) is 17.1 Å². The average Bonchev–Trinajstić information content (AvgIpc) is 2.58. The van der Waals surface area contributed by atoms with Gasteiger partial charge in [0, 0.05) is 12.7 Å². The number of halogens is 1. The van der Waals surface area contributed by atoms with Gasteiger partial charge < -0.3 is 9.84 Å². The van der Waals surface area contributed by atoms with Gasteiger partial charge in [0.15, 0.2) is 0 Å². The summed E-state index contributed by atoms with van der Waals surface area (Å²) in [6.07, 6.45) is 0.0439. The van der Waals surface area contributed by atoms with Crippen molar-refractivity contribution >= 4 is 0 Å². The minimum Gasteiger partial charge on any atom is -0.491 e. The van der Waals surface area contributed by atoms with Gasteiger partial charge in [-0.2, -0.15) is 5.26 Å². The number of ether oxygens (including phenoxy) is 1. The summed E-state index contributed by atoms with van der Waals surface area (Å²) in [5.74, 6) is -0.0672. The average molecular weight is 333 g/mol. The first-order chi connectivity index (χ1) is 11.5. The highest BCUT2D eigenvalue weighted by Crippen LogP contribution is 2.11. The Kier molecular flexibility index (Phi) is 5.50. The molecule has 0 saturated heterocycles. The van der Waals surface area contributed by atoms with Gasteiger partial charge in [0.1, 0.15) is 35.9 Å². The molecule has 0 aliphatic heterocycles. The van der Waals surface area contributed by atoms with Crippen LogP contribution in [0.3, 0.4) is 0 Å². The van der Waals surface area contributed by atoms with Crippen molar-refractivity contribution in [1.82, 2.24) is 9.13 Å². The second-order valence-corrected chi connectivity index (χ2v) is 5.06. The Bertz CT molecular complexity index is 865. The van der Waals surface area contributed by atoms with Crippen LogP contribution < -0.4 is 16.0 Å². The predicted molar refractivity (Wildman–Crippen MR) is 83.3 cm³/mol. The molecule has 0 spiro atoms. The third-order valence-corrected chi connectivity index (χ3v) is 3.35. The number of rotatable bonds is 6. The van der Waals surface area contributed by atoms with Crippen LogP contribution in [0.1, 0.15) is 12.5 Å². The van der Waals surface area contributed by atoms with E-state index in [9.17, 15) is 19.1 Å². The molecule has 24 heavy (non-hydrogen) atoms. The molecule has 1 aromatic carbocycles. The summed E-state index contributed by atoms with van der Waals surface area (Å²) in [4.78, 5) is 24.2. The van der Waals surface area contributed by atoms with Crippen LogP contribution in [-0.4, -0.2) is 27.0 Å². The first kappa shape index (κ1) is 17.4. The van der Waals surface area contributed by atoms with Crippen LogP contribution in [0.5, 0.6) is 5.75 Å². The van der Waals surface area contributed by atoms with E-state index in [0.29, 0.717) is 5.75 Å². The van der Waals surface area contributed by atoms with Crippen molar-refractivity contribution in [3.05, 3.63) is 62.7 Å². The summed E-state index contributed by atoms with van der Waals surface area (Å²) in [5, 5.41) is 19.0. The molecule has 1 atom stereocenters. The Morgan fingerprint density at radius 2 is 2.00 bits per heavy atom. The Labute approximate surface area is 136 Å². The molecule has 1 N–H and O–H groups in total. The normalized spacial score (nSPS) is 11.8. The maximum Gasteiger partial charge on any atom is 0.331 e. The van der Waals surface area contributed by atoms with E-state index in [1.165, 1.54) is 35.0 Å². The van der Waals surface area contributed by atoms with Crippen LogP contribution in [-0.2, 0) is 13.1 Å². The van der Waals surface area contributed by atoms with Crippen molar-refractivity contribution in [2.45, 2.75) is 26.1 Å². The Hall–Kier alpha value is -2.92. The van der Waals surface area contributed by atoms with Gasteiger partial charge in [0.25, 0.3) is 5.56 Å². The van der Waals surface area contributed by atoms with E-state index in [1.807, 2.05) is 0 Å². The fraction of sp³-hybridized carbons (Fsp3) is 0.312. The van der Waals surface area contributed by atoms with E-state index in [-0.39, 0.29) is 25.3 Å². The van der Waals surface area contributed by atoms with Crippen molar-refractivity contribution < 1.29 is 14.2 Å². The Morgan fingerprint density at radius 1 is 1.33 bits per heavy atom. The predicted octanol–water partition coefficient (Wildman–Crippen LogP) is 0.481. The summed E-state index contributed by atoms with van der Waals surface area (Å²) in [6, 6.07) is 6.95. The van der Waals surface area contributed by atoms with Gasteiger partial charge >= 0.3 is 5.69 Å². The minimum absolute atomic E-state index is 0.178. The third kappa shape index (κ3) is 3.88. The molecule has 2 aromatic rings. The van der Waals surface area contributed by atoms with Crippen molar-refractivity contribution in [3.8, 4) is 11.8 Å². The van der Waals surface area contributed by atoms with Gasteiger partial charge in [-0.3, -0.25) is 13.9 Å². The van der Waals surface area contributed by atoms with E-state index in [1.54, 1.807) is 13.0 Å². The number of aromatic nitrogens is 2. The second kappa shape index (κ2) is 7.57. The number of hydrogen-bond acceptors (Lipinski definition) is 5. The van der Waals surface area contributed by atoms with Crippen LogP contribution in [0.2, 0.25) is 0 Å². The molecule has 126 valence electrons. The molecule has 0 bridgehead atoms. The lowest BCUT2D eigenvalue weighted by Crippen LogP contribution is -2.44. The first-order valence-electron chi connectivity index (χ1n) is 7.27. The minimum atomic E-state index is -1.15. The van der Waals surface area contributed by atoms with Crippen LogP contribution in [0.15, 0.2) is 40.1 Å². The smallest absolute Gasteiger partial charge is 0.331 e. The molecule has 0 aliphatic rings. The van der Waals surface area contributed by atoms with Crippen LogP contribution in [0.4, 0.5) is 4.39 Å². The Balaban J connectivity index is 2.15. The largest absolute Gasteiger partial charge is 0.491 e. The summed E-state index contributed by atoms with van der Waals surface area (Å²) in [6.45, 7) is 1.48. The fourth-order valence-corrected chi connectivity index (χ4v) is 2.10. The van der Waals surface area contributed by atoms with Gasteiger partial charge in [-0.1, -0.05) is 0 Å². The van der Waals surface area contributed by atoms with Crippen molar-refractivity contribution in [1.29, 1.82) is 5.26 Å². The third-order valence-electron chi connectivity index (χ3n) is 3.35. The van der Waals surface area contributed by atoms with E-state index in [0.717, 1.165) is 4.57 Å². The number of hydrogen-bond donors (Lipinski definition) is 1. The molecule has 0 amide bonds. The molecule has 0 radical (unpaired) electrons. The lowest BCUT2D eigenvalue weighted by molar-refractivity contribution is 0.0899. The lowest BCUT2D eigenvalue weighted by Gasteiger charge is -2.15. The molecule has 1 heterocycles. The van der Waals surface area contributed by atoms with Gasteiger partial charge in [-0.05, 0) is 31.2 Å². The topological polar surface area (TPSA) is 97.2 Å². The number of aliphatic hydroxyl groups excluding tert-OH is 1. The van der Waals surface area contributed by atoms with E-state index >= 15 is 0 Å². The quantitative estimate of drug-likeness (QED) is 0.829. The van der Waals surface area contributed by atoms with Gasteiger partial charge in [0.05, 0.1) is 6.54 Å². The van der Waals surface area contributed by atoms with E-state index < -0.39 is 23.2 Å². The monoisotopic (exact) mass is 333 g/mol. The number of aliphatic hydroxyl groups is 1.